The fourth-order valence-corrected chi connectivity index (χ4v) is 3.47. The first-order valence-electron chi connectivity index (χ1n) is 8.25. The van der Waals surface area contributed by atoms with E-state index in [9.17, 15) is 0 Å². The van der Waals surface area contributed by atoms with Crippen LogP contribution in [0.15, 0.2) is 18.2 Å². The van der Waals surface area contributed by atoms with Gasteiger partial charge in [0.1, 0.15) is 5.75 Å². The van der Waals surface area contributed by atoms with E-state index in [1.807, 2.05) is 0 Å². The molecule has 21 heavy (non-hydrogen) atoms. The quantitative estimate of drug-likeness (QED) is 0.818. The fourth-order valence-electron chi connectivity index (χ4n) is 3.47. The van der Waals surface area contributed by atoms with Gasteiger partial charge in [-0.05, 0) is 68.8 Å². The highest BCUT2D eigenvalue weighted by Crippen LogP contribution is 2.22. The van der Waals surface area contributed by atoms with Crippen molar-refractivity contribution >= 4 is 0 Å². The highest BCUT2D eigenvalue weighted by Gasteiger charge is 2.26. The average molecular weight is 290 g/mol. The number of nitrogens with zero attached hydrogens (tertiary/aromatic N) is 1. The first-order chi connectivity index (χ1) is 10.1. The lowest BCUT2D eigenvalue weighted by atomic mass is 9.91. The van der Waals surface area contributed by atoms with Crippen molar-refractivity contribution in [3.8, 4) is 5.75 Å². The lowest BCUT2D eigenvalue weighted by molar-refractivity contribution is 0.0995. The van der Waals surface area contributed by atoms with Crippen molar-refractivity contribution < 1.29 is 4.74 Å². The summed E-state index contributed by atoms with van der Waals surface area (Å²) < 4.78 is 5.90. The largest absolute Gasteiger partial charge is 0.494 e. The van der Waals surface area contributed by atoms with E-state index in [0.29, 0.717) is 6.04 Å². The summed E-state index contributed by atoms with van der Waals surface area (Å²) in [6, 6.07) is 6.95. The Bertz CT molecular complexity index is 427. The van der Waals surface area contributed by atoms with Crippen LogP contribution in [-0.2, 0) is 0 Å². The molecule has 0 aliphatic carbocycles. The van der Waals surface area contributed by atoms with E-state index in [1.54, 1.807) is 0 Å². The topological polar surface area (TPSA) is 38.5 Å². The number of hydrogen-bond acceptors (Lipinski definition) is 3. The Balaban J connectivity index is 1.76. The zero-order chi connectivity index (χ0) is 15.2. The van der Waals surface area contributed by atoms with Gasteiger partial charge in [-0.2, -0.15) is 0 Å². The molecule has 2 unspecified atom stereocenters. The Morgan fingerprint density at radius 1 is 1.24 bits per heavy atom. The number of benzene rings is 1. The molecule has 0 radical (unpaired) electrons. The van der Waals surface area contributed by atoms with Crippen LogP contribution in [0.4, 0.5) is 0 Å². The molecule has 2 atom stereocenters. The molecule has 1 saturated heterocycles. The molecule has 0 amide bonds. The molecule has 0 saturated carbocycles. The fraction of sp³-hybridized carbons (Fsp3) is 0.667. The minimum atomic E-state index is 0.556. The van der Waals surface area contributed by atoms with Crippen molar-refractivity contribution in [2.24, 2.45) is 11.7 Å². The molecule has 1 aliphatic rings. The van der Waals surface area contributed by atoms with Crippen LogP contribution >= 0.6 is 0 Å². The maximum absolute atomic E-state index is 5.94. The maximum atomic E-state index is 5.94. The monoisotopic (exact) mass is 290 g/mol. The number of ether oxygens (including phenoxy) is 1. The van der Waals surface area contributed by atoms with E-state index >= 15 is 0 Å². The van der Waals surface area contributed by atoms with Gasteiger partial charge in [-0.1, -0.05) is 13.0 Å². The first kappa shape index (κ1) is 16.3. The van der Waals surface area contributed by atoms with E-state index in [1.165, 1.54) is 30.5 Å². The Morgan fingerprint density at radius 3 is 2.62 bits per heavy atom. The van der Waals surface area contributed by atoms with Gasteiger partial charge in [0.15, 0.2) is 0 Å². The van der Waals surface area contributed by atoms with Crippen LogP contribution in [0.5, 0.6) is 5.75 Å². The third-order valence-corrected chi connectivity index (χ3v) is 4.53. The van der Waals surface area contributed by atoms with Gasteiger partial charge in [-0.25, -0.2) is 0 Å². The predicted molar refractivity (Wildman–Crippen MR) is 88.8 cm³/mol. The van der Waals surface area contributed by atoms with E-state index < -0.39 is 0 Å². The molecule has 2 N–H and O–H groups in total. The molecule has 2 rings (SSSR count). The maximum Gasteiger partial charge on any atom is 0.119 e. The second kappa shape index (κ2) is 7.81. The van der Waals surface area contributed by atoms with Crippen molar-refractivity contribution in [1.82, 2.24) is 4.90 Å². The van der Waals surface area contributed by atoms with Crippen LogP contribution in [-0.4, -0.2) is 37.2 Å². The first-order valence-corrected chi connectivity index (χ1v) is 8.25. The highest BCUT2D eigenvalue weighted by molar-refractivity contribution is 5.32. The van der Waals surface area contributed by atoms with Crippen molar-refractivity contribution in [2.75, 3.05) is 26.2 Å². The van der Waals surface area contributed by atoms with Crippen molar-refractivity contribution in [2.45, 2.75) is 46.1 Å². The molecule has 0 spiro atoms. The molecule has 3 nitrogen and oxygen atoms in total. The molecule has 3 heteroatoms. The Morgan fingerprint density at radius 2 is 1.95 bits per heavy atom. The van der Waals surface area contributed by atoms with Crippen molar-refractivity contribution in [3.05, 3.63) is 29.3 Å². The normalized spacial score (nSPS) is 23.2. The number of nitrogens with two attached hydrogens (primary N) is 1. The zero-order valence-corrected chi connectivity index (χ0v) is 13.8. The van der Waals surface area contributed by atoms with E-state index in [2.05, 4.69) is 43.9 Å². The third-order valence-electron chi connectivity index (χ3n) is 4.53. The Labute approximate surface area is 129 Å². The van der Waals surface area contributed by atoms with Crippen LogP contribution in [0, 0.1) is 19.8 Å². The smallest absolute Gasteiger partial charge is 0.119 e. The summed E-state index contributed by atoms with van der Waals surface area (Å²) in [7, 11) is 0. The second-order valence-corrected chi connectivity index (χ2v) is 6.48. The number of likely N-dealkylation sites (tertiary alicyclic amines) is 1. The van der Waals surface area contributed by atoms with Gasteiger partial charge in [0, 0.05) is 19.1 Å². The predicted octanol–water partition coefficient (Wildman–Crippen LogP) is 3.13. The highest BCUT2D eigenvalue weighted by atomic mass is 16.5. The number of piperidine rings is 1. The molecular formula is C18H30N2O. The van der Waals surface area contributed by atoms with Crippen molar-refractivity contribution in [1.29, 1.82) is 0 Å². The van der Waals surface area contributed by atoms with Gasteiger partial charge in [0.25, 0.3) is 0 Å². The molecule has 1 aromatic carbocycles. The van der Waals surface area contributed by atoms with E-state index in [4.69, 9.17) is 10.5 Å². The summed E-state index contributed by atoms with van der Waals surface area (Å²) in [6.07, 6.45) is 3.68. The lowest BCUT2D eigenvalue weighted by Crippen LogP contribution is -2.49. The van der Waals surface area contributed by atoms with Gasteiger partial charge in [0.05, 0.1) is 6.61 Å². The number of hydrogen-bond donors (Lipinski definition) is 1. The van der Waals surface area contributed by atoms with Gasteiger partial charge in [0.2, 0.25) is 0 Å². The second-order valence-electron chi connectivity index (χ2n) is 6.48. The van der Waals surface area contributed by atoms with Crippen LogP contribution in [0.3, 0.4) is 0 Å². The number of aryl methyl sites for hydroxylation is 2. The zero-order valence-electron chi connectivity index (χ0n) is 13.8. The molecule has 1 aromatic rings. The summed E-state index contributed by atoms with van der Waals surface area (Å²) in [5.41, 5.74) is 8.46. The molecule has 0 aromatic heterocycles. The van der Waals surface area contributed by atoms with Crippen LogP contribution in [0.25, 0.3) is 0 Å². The lowest BCUT2D eigenvalue weighted by Gasteiger charge is -2.39. The minimum absolute atomic E-state index is 0.556. The van der Waals surface area contributed by atoms with Crippen LogP contribution in [0.1, 0.15) is 37.3 Å². The third kappa shape index (κ3) is 4.72. The van der Waals surface area contributed by atoms with Crippen LogP contribution < -0.4 is 10.5 Å². The molecule has 1 fully saturated rings. The van der Waals surface area contributed by atoms with E-state index in [-0.39, 0.29) is 0 Å². The minimum Gasteiger partial charge on any atom is -0.494 e. The number of rotatable bonds is 6. The summed E-state index contributed by atoms with van der Waals surface area (Å²) >= 11 is 0. The standard InChI is InChI=1S/C18H30N2O/c1-14-10-15(2)12-17(11-14)21-9-5-8-20-7-4-6-16(3)18(20)13-19/h10-12,16,18H,4-9,13,19H2,1-3H3. The Hall–Kier alpha value is -1.06. The van der Waals surface area contributed by atoms with Gasteiger partial charge < -0.3 is 10.5 Å². The van der Waals surface area contributed by atoms with Gasteiger partial charge in [-0.3, -0.25) is 4.90 Å². The molecule has 1 heterocycles. The van der Waals surface area contributed by atoms with Crippen LogP contribution in [0.2, 0.25) is 0 Å². The Kier molecular flexibility index (Phi) is 6.07. The molecule has 0 bridgehead atoms. The summed E-state index contributed by atoms with van der Waals surface area (Å²) in [5.74, 6) is 1.72. The molecular weight excluding hydrogens is 260 g/mol. The van der Waals surface area contributed by atoms with E-state index in [0.717, 1.165) is 37.8 Å². The molecule has 1 aliphatic heterocycles. The van der Waals surface area contributed by atoms with Gasteiger partial charge >= 0.3 is 0 Å². The molecule has 118 valence electrons. The summed E-state index contributed by atoms with van der Waals surface area (Å²) in [4.78, 5) is 2.55. The van der Waals surface area contributed by atoms with Gasteiger partial charge in [-0.15, -0.1) is 0 Å². The summed E-state index contributed by atoms with van der Waals surface area (Å²) in [5, 5.41) is 0. The summed E-state index contributed by atoms with van der Waals surface area (Å²) in [6.45, 7) is 10.4. The van der Waals surface area contributed by atoms with Crippen molar-refractivity contribution in [3.63, 3.8) is 0 Å². The average Bonchev–Trinajstić information content (AvgIpc) is 2.43. The SMILES string of the molecule is Cc1cc(C)cc(OCCCN2CCCC(C)C2CN)c1.